The van der Waals surface area contributed by atoms with Crippen LogP contribution in [0.3, 0.4) is 0 Å². The Bertz CT molecular complexity index is 1010. The van der Waals surface area contributed by atoms with E-state index in [2.05, 4.69) is 16.0 Å². The van der Waals surface area contributed by atoms with Gasteiger partial charge in [-0.25, -0.2) is 4.79 Å². The Labute approximate surface area is 218 Å². The van der Waals surface area contributed by atoms with Crippen molar-refractivity contribution in [2.45, 2.75) is 70.1 Å². The number of phenols is 1. The molecule has 0 heterocycles. The van der Waals surface area contributed by atoms with Crippen LogP contribution in [0.5, 0.6) is 5.75 Å². The molecule has 38 heavy (non-hydrogen) atoms. The van der Waals surface area contributed by atoms with Crippen LogP contribution in [0.1, 0.15) is 45.1 Å². The summed E-state index contributed by atoms with van der Waals surface area (Å²) >= 11 is 0. The fourth-order valence-electron chi connectivity index (χ4n) is 3.34. The number of hydrogen-bond donors (Lipinski definition) is 8. The van der Waals surface area contributed by atoms with Gasteiger partial charge in [-0.05, 0) is 36.5 Å². The molecule has 4 atom stereocenters. The highest BCUT2D eigenvalue weighted by Gasteiger charge is 2.32. The van der Waals surface area contributed by atoms with Crippen LogP contribution in [-0.2, 0) is 35.2 Å². The molecule has 4 unspecified atom stereocenters. The quantitative estimate of drug-likeness (QED) is 0.129. The number of nitrogens with two attached hydrogens (primary N) is 1. The number of aromatic hydroxyl groups is 1. The molecule has 0 aromatic heterocycles. The molecule has 3 amide bonds. The lowest BCUT2D eigenvalue weighted by Gasteiger charge is -2.27. The molecule has 1 aromatic rings. The van der Waals surface area contributed by atoms with Gasteiger partial charge in [-0.15, -0.1) is 0 Å². The monoisotopic (exact) mass is 538 g/mol. The number of benzene rings is 1. The maximum atomic E-state index is 13.1. The molecule has 1 aromatic carbocycles. The third-order valence-corrected chi connectivity index (χ3v) is 5.52. The molecule has 0 aliphatic heterocycles. The first-order valence-electron chi connectivity index (χ1n) is 11.8. The number of carbonyl (C=O) groups is 6. The van der Waals surface area contributed by atoms with Crippen molar-refractivity contribution in [3.63, 3.8) is 0 Å². The van der Waals surface area contributed by atoms with Gasteiger partial charge < -0.3 is 42.1 Å². The van der Waals surface area contributed by atoms with Crippen LogP contribution in [0, 0.1) is 5.92 Å². The van der Waals surface area contributed by atoms with Crippen molar-refractivity contribution in [3.05, 3.63) is 29.8 Å². The van der Waals surface area contributed by atoms with Gasteiger partial charge in [-0.1, -0.05) is 26.0 Å². The van der Waals surface area contributed by atoms with Gasteiger partial charge in [0.2, 0.25) is 17.7 Å². The normalized spacial score (nSPS) is 14.0. The molecule has 14 heteroatoms. The first-order chi connectivity index (χ1) is 17.7. The van der Waals surface area contributed by atoms with Gasteiger partial charge in [0.25, 0.3) is 0 Å². The van der Waals surface area contributed by atoms with E-state index in [1.54, 1.807) is 13.8 Å². The minimum absolute atomic E-state index is 0.0415. The molecule has 14 nitrogen and oxygen atoms in total. The number of amides is 3. The molecule has 0 fully saturated rings. The van der Waals surface area contributed by atoms with E-state index in [-0.39, 0.29) is 25.0 Å². The molecule has 0 aliphatic rings. The summed E-state index contributed by atoms with van der Waals surface area (Å²) in [6, 6.07) is 0.457. The van der Waals surface area contributed by atoms with Gasteiger partial charge >= 0.3 is 17.9 Å². The average Bonchev–Trinajstić information content (AvgIpc) is 2.83. The van der Waals surface area contributed by atoms with Gasteiger partial charge in [0, 0.05) is 19.3 Å². The number of carbonyl (C=O) groups excluding carboxylic acids is 3. The number of hydrogen-bond acceptors (Lipinski definition) is 8. The molecule has 1 rings (SSSR count). The van der Waals surface area contributed by atoms with Crippen LogP contribution < -0.4 is 21.7 Å². The molecule has 0 aliphatic carbocycles. The third-order valence-electron chi connectivity index (χ3n) is 5.52. The number of aliphatic carboxylic acids is 3. The van der Waals surface area contributed by atoms with Crippen molar-refractivity contribution in [2.75, 3.05) is 0 Å². The van der Waals surface area contributed by atoms with Crippen molar-refractivity contribution in [1.29, 1.82) is 0 Å². The number of phenolic OH excluding ortho intramolecular Hbond substituents is 1. The number of carboxylic acids is 3. The maximum absolute atomic E-state index is 13.1. The smallest absolute Gasteiger partial charge is 0.326 e. The Morgan fingerprint density at radius 3 is 1.79 bits per heavy atom. The first-order valence-corrected chi connectivity index (χ1v) is 11.8. The molecule has 0 spiro atoms. The van der Waals surface area contributed by atoms with Crippen molar-refractivity contribution in [1.82, 2.24) is 16.0 Å². The zero-order valence-corrected chi connectivity index (χ0v) is 21.0. The highest BCUT2D eigenvalue weighted by atomic mass is 16.4. The summed E-state index contributed by atoms with van der Waals surface area (Å²) in [4.78, 5) is 71.7. The van der Waals surface area contributed by atoms with Gasteiger partial charge in [-0.2, -0.15) is 0 Å². The average molecular weight is 539 g/mol. The lowest BCUT2D eigenvalue weighted by Crippen LogP contribution is -2.58. The summed E-state index contributed by atoms with van der Waals surface area (Å²) in [7, 11) is 0. The van der Waals surface area contributed by atoms with Crippen molar-refractivity contribution in [3.8, 4) is 5.75 Å². The summed E-state index contributed by atoms with van der Waals surface area (Å²) in [5.74, 6) is -6.83. The van der Waals surface area contributed by atoms with Crippen LogP contribution in [0.4, 0.5) is 0 Å². The summed E-state index contributed by atoms with van der Waals surface area (Å²) < 4.78 is 0. The number of nitrogens with one attached hydrogen (secondary N) is 3. The largest absolute Gasteiger partial charge is 0.508 e. The topological polar surface area (TPSA) is 245 Å². The summed E-state index contributed by atoms with van der Waals surface area (Å²) in [5.41, 5.74) is 6.22. The lowest BCUT2D eigenvalue weighted by molar-refractivity contribution is -0.143. The predicted octanol–water partition coefficient (Wildman–Crippen LogP) is -0.813. The van der Waals surface area contributed by atoms with E-state index in [9.17, 15) is 39.0 Å². The van der Waals surface area contributed by atoms with E-state index < -0.39 is 78.6 Å². The van der Waals surface area contributed by atoms with E-state index in [0.29, 0.717) is 5.56 Å². The summed E-state index contributed by atoms with van der Waals surface area (Å²) in [5, 5.41) is 43.7. The zero-order chi connectivity index (χ0) is 29.0. The molecule has 0 saturated carbocycles. The highest BCUT2D eigenvalue weighted by molar-refractivity contribution is 5.94. The second-order valence-electron chi connectivity index (χ2n) is 9.03. The van der Waals surface area contributed by atoms with Crippen LogP contribution in [0.2, 0.25) is 0 Å². The fraction of sp³-hybridized carbons (Fsp3) is 0.500. The molecule has 0 bridgehead atoms. The highest BCUT2D eigenvalue weighted by Crippen LogP contribution is 2.13. The van der Waals surface area contributed by atoms with Crippen molar-refractivity contribution in [2.24, 2.45) is 11.7 Å². The van der Waals surface area contributed by atoms with Gasteiger partial charge in [0.15, 0.2) is 0 Å². The van der Waals surface area contributed by atoms with Crippen LogP contribution in [0.15, 0.2) is 24.3 Å². The second-order valence-corrected chi connectivity index (χ2v) is 9.03. The van der Waals surface area contributed by atoms with Crippen LogP contribution >= 0.6 is 0 Å². The van der Waals surface area contributed by atoms with E-state index in [0.717, 1.165) is 0 Å². The first kappa shape index (κ1) is 31.8. The lowest BCUT2D eigenvalue weighted by atomic mass is 10.00. The molecular formula is C24H34N4O10. The van der Waals surface area contributed by atoms with E-state index in [4.69, 9.17) is 15.9 Å². The van der Waals surface area contributed by atoms with E-state index in [1.807, 2.05) is 0 Å². The van der Waals surface area contributed by atoms with E-state index >= 15 is 0 Å². The molecule has 0 radical (unpaired) electrons. The minimum atomic E-state index is -1.54. The zero-order valence-electron chi connectivity index (χ0n) is 21.0. The van der Waals surface area contributed by atoms with Crippen molar-refractivity contribution >= 4 is 35.6 Å². The minimum Gasteiger partial charge on any atom is -0.508 e. The Kier molecular flexibility index (Phi) is 12.7. The van der Waals surface area contributed by atoms with Gasteiger partial charge in [-0.3, -0.25) is 24.0 Å². The Morgan fingerprint density at radius 2 is 1.29 bits per heavy atom. The Balaban J connectivity index is 3.11. The Morgan fingerprint density at radius 1 is 0.763 bits per heavy atom. The van der Waals surface area contributed by atoms with Crippen LogP contribution in [-0.4, -0.2) is 80.2 Å². The molecule has 210 valence electrons. The molecule has 9 N–H and O–H groups in total. The summed E-state index contributed by atoms with van der Waals surface area (Å²) in [6.07, 6.45) is -1.55. The van der Waals surface area contributed by atoms with Gasteiger partial charge in [0.1, 0.15) is 23.9 Å². The third kappa shape index (κ3) is 11.2. The van der Waals surface area contributed by atoms with Crippen molar-refractivity contribution < 1.29 is 49.2 Å². The fourth-order valence-corrected chi connectivity index (χ4v) is 3.34. The standard InChI is InChI=1S/C24H34N4O10/c1-12(2)20(28-21(34)15(25)7-9-18(30)31)23(36)27-17(11-13-3-5-14(29)6-4-13)22(35)26-16(24(37)38)8-10-19(32)33/h3-6,12,15-17,20,29H,7-11,25H2,1-2H3,(H,26,35)(H,27,36)(H,28,34)(H,30,31)(H,32,33)(H,37,38). The molecular weight excluding hydrogens is 504 g/mol. The predicted molar refractivity (Wildman–Crippen MR) is 132 cm³/mol. The number of carboxylic acid groups (broad SMARTS) is 3. The second kappa shape index (κ2) is 15.1. The molecule has 0 saturated heterocycles. The van der Waals surface area contributed by atoms with E-state index in [1.165, 1.54) is 24.3 Å². The maximum Gasteiger partial charge on any atom is 0.326 e. The Hall–Kier alpha value is -4.20. The number of rotatable bonds is 16. The summed E-state index contributed by atoms with van der Waals surface area (Å²) in [6.45, 7) is 3.24. The van der Waals surface area contributed by atoms with Crippen LogP contribution in [0.25, 0.3) is 0 Å². The SMILES string of the molecule is CC(C)C(NC(=O)C(N)CCC(=O)O)C(=O)NC(Cc1ccc(O)cc1)C(=O)NC(CCC(=O)O)C(=O)O. The van der Waals surface area contributed by atoms with Gasteiger partial charge in [0.05, 0.1) is 6.04 Å².